The molecular formula is C11H21NO2. The Kier molecular flexibility index (Phi) is 3.86. The van der Waals surface area contributed by atoms with Crippen LogP contribution in [-0.4, -0.2) is 16.7 Å². The number of carbonyl (C=O) groups excluding carboxylic acids is 1. The van der Waals surface area contributed by atoms with Crippen LogP contribution in [-0.2, 0) is 4.79 Å². The van der Waals surface area contributed by atoms with Crippen molar-refractivity contribution in [3.05, 3.63) is 0 Å². The Hall–Kier alpha value is -0.860. The maximum Gasteiger partial charge on any atom is 0.143 e. The van der Waals surface area contributed by atoms with Crippen molar-refractivity contribution in [1.29, 1.82) is 0 Å². The number of ketones is 1. The molecule has 0 radical (unpaired) electrons. The molecule has 0 fully saturated rings. The van der Waals surface area contributed by atoms with Crippen molar-refractivity contribution in [1.82, 2.24) is 0 Å². The zero-order valence-electron chi connectivity index (χ0n) is 10.0. The Morgan fingerprint density at radius 3 is 1.71 bits per heavy atom. The van der Waals surface area contributed by atoms with Gasteiger partial charge in [0.15, 0.2) is 0 Å². The molecular weight excluding hydrogens is 178 g/mol. The summed E-state index contributed by atoms with van der Waals surface area (Å²) in [6.07, 6.45) is 0.226. The van der Waals surface area contributed by atoms with Gasteiger partial charge in [0, 0.05) is 17.3 Å². The van der Waals surface area contributed by atoms with Crippen molar-refractivity contribution in [3.8, 4) is 0 Å². The van der Waals surface area contributed by atoms with Gasteiger partial charge in [0.2, 0.25) is 0 Å². The molecule has 0 saturated carbocycles. The molecule has 0 unspecified atom stereocenters. The van der Waals surface area contributed by atoms with Crippen molar-refractivity contribution < 1.29 is 10.0 Å². The van der Waals surface area contributed by atoms with E-state index in [1.54, 1.807) is 0 Å². The first-order valence-corrected chi connectivity index (χ1v) is 4.83. The summed E-state index contributed by atoms with van der Waals surface area (Å²) in [6.45, 7) is 11.4. The minimum absolute atomic E-state index is 0.0974. The summed E-state index contributed by atoms with van der Waals surface area (Å²) in [5.74, 6) is 0.0974. The number of oxime groups is 1. The highest BCUT2D eigenvalue weighted by Gasteiger charge is 2.28. The fraction of sp³-hybridized carbons (Fsp3) is 0.818. The van der Waals surface area contributed by atoms with Crippen molar-refractivity contribution >= 4 is 11.5 Å². The van der Waals surface area contributed by atoms with E-state index in [-0.39, 0.29) is 23.0 Å². The van der Waals surface area contributed by atoms with Crippen LogP contribution in [0.1, 0.15) is 48.0 Å². The van der Waals surface area contributed by atoms with Gasteiger partial charge in [-0.3, -0.25) is 4.79 Å². The van der Waals surface area contributed by atoms with Crippen LogP contribution in [0.2, 0.25) is 0 Å². The third-order valence-corrected chi connectivity index (χ3v) is 2.15. The lowest BCUT2D eigenvalue weighted by atomic mass is 9.81. The van der Waals surface area contributed by atoms with Crippen LogP contribution in [0.5, 0.6) is 0 Å². The van der Waals surface area contributed by atoms with E-state index >= 15 is 0 Å². The molecule has 0 heterocycles. The maximum absolute atomic E-state index is 11.7. The molecule has 0 saturated heterocycles. The van der Waals surface area contributed by atoms with Crippen LogP contribution in [0.15, 0.2) is 5.16 Å². The number of rotatable bonds is 2. The molecule has 1 N–H and O–H groups in total. The number of nitrogens with zero attached hydrogens (tertiary/aromatic N) is 1. The van der Waals surface area contributed by atoms with Gasteiger partial charge in [-0.05, 0) is 0 Å². The van der Waals surface area contributed by atoms with Gasteiger partial charge in [0.25, 0.3) is 0 Å². The van der Waals surface area contributed by atoms with Gasteiger partial charge in [0.05, 0.1) is 5.71 Å². The molecule has 3 nitrogen and oxygen atoms in total. The molecule has 0 aromatic carbocycles. The summed E-state index contributed by atoms with van der Waals surface area (Å²) >= 11 is 0. The molecule has 0 aromatic rings. The van der Waals surface area contributed by atoms with Gasteiger partial charge < -0.3 is 5.21 Å². The van der Waals surface area contributed by atoms with Gasteiger partial charge >= 0.3 is 0 Å². The average molecular weight is 199 g/mol. The first-order valence-electron chi connectivity index (χ1n) is 4.83. The van der Waals surface area contributed by atoms with E-state index in [0.29, 0.717) is 5.71 Å². The molecule has 3 heteroatoms. The van der Waals surface area contributed by atoms with Crippen molar-refractivity contribution in [2.24, 2.45) is 16.0 Å². The fourth-order valence-corrected chi connectivity index (χ4v) is 0.868. The predicted octanol–water partition coefficient (Wildman–Crippen LogP) is 2.87. The van der Waals surface area contributed by atoms with Crippen LogP contribution < -0.4 is 0 Å². The molecule has 0 amide bonds. The third-order valence-electron chi connectivity index (χ3n) is 2.15. The number of hydrogen-bond donors (Lipinski definition) is 1. The van der Waals surface area contributed by atoms with Crippen LogP contribution in [0.25, 0.3) is 0 Å². The Labute approximate surface area is 86.2 Å². The highest BCUT2D eigenvalue weighted by Crippen LogP contribution is 2.23. The molecule has 0 atom stereocenters. The Bertz CT molecular complexity index is 241. The van der Waals surface area contributed by atoms with Crippen LogP contribution in [0, 0.1) is 10.8 Å². The monoisotopic (exact) mass is 199 g/mol. The molecule has 82 valence electrons. The maximum atomic E-state index is 11.7. The van der Waals surface area contributed by atoms with Crippen molar-refractivity contribution in [2.45, 2.75) is 48.0 Å². The van der Waals surface area contributed by atoms with Gasteiger partial charge in [-0.1, -0.05) is 46.7 Å². The number of hydrogen-bond acceptors (Lipinski definition) is 3. The summed E-state index contributed by atoms with van der Waals surface area (Å²) in [7, 11) is 0. The Morgan fingerprint density at radius 1 is 1.07 bits per heavy atom. The number of Topliss-reactive ketones (excluding diaryl/α,β-unsaturated/α-hetero) is 1. The van der Waals surface area contributed by atoms with Crippen LogP contribution in [0.3, 0.4) is 0 Å². The lowest BCUT2D eigenvalue weighted by Crippen LogP contribution is -2.29. The smallest absolute Gasteiger partial charge is 0.143 e. The summed E-state index contributed by atoms with van der Waals surface area (Å²) in [6, 6.07) is 0. The topological polar surface area (TPSA) is 49.7 Å². The average Bonchev–Trinajstić information content (AvgIpc) is 1.95. The predicted molar refractivity (Wildman–Crippen MR) is 57.8 cm³/mol. The van der Waals surface area contributed by atoms with E-state index in [1.807, 2.05) is 41.5 Å². The van der Waals surface area contributed by atoms with E-state index in [2.05, 4.69) is 5.16 Å². The first kappa shape index (κ1) is 13.1. The molecule has 0 aliphatic heterocycles. The van der Waals surface area contributed by atoms with Gasteiger partial charge in [-0.2, -0.15) is 0 Å². The zero-order chi connectivity index (χ0) is 11.6. The highest BCUT2D eigenvalue weighted by molar-refractivity contribution is 6.05. The van der Waals surface area contributed by atoms with E-state index in [1.165, 1.54) is 0 Å². The second kappa shape index (κ2) is 4.11. The van der Waals surface area contributed by atoms with E-state index in [0.717, 1.165) is 0 Å². The second-order valence-electron chi connectivity index (χ2n) is 5.65. The SMILES string of the molecule is CC(C)(C)C(=O)CC(=NO)C(C)(C)C. The van der Waals surface area contributed by atoms with Gasteiger partial charge in [-0.15, -0.1) is 0 Å². The van der Waals surface area contributed by atoms with E-state index < -0.39 is 0 Å². The molecule has 0 rings (SSSR count). The summed E-state index contributed by atoms with van der Waals surface area (Å²) in [5.41, 5.74) is -0.0888. The lowest BCUT2D eigenvalue weighted by Gasteiger charge is -2.23. The Morgan fingerprint density at radius 2 is 1.50 bits per heavy atom. The molecule has 0 bridgehead atoms. The van der Waals surface area contributed by atoms with Crippen LogP contribution in [0.4, 0.5) is 0 Å². The summed E-state index contributed by atoms with van der Waals surface area (Å²) in [5, 5.41) is 12.0. The van der Waals surface area contributed by atoms with Gasteiger partial charge in [-0.25, -0.2) is 0 Å². The largest absolute Gasteiger partial charge is 0.411 e. The number of carbonyl (C=O) groups is 1. The second-order valence-corrected chi connectivity index (χ2v) is 5.65. The molecule has 0 aromatic heterocycles. The molecule has 0 spiro atoms. The standard InChI is InChI=1S/C11H21NO2/c1-10(2,3)8(12-14)7-9(13)11(4,5)6/h14H,7H2,1-6H3. The lowest BCUT2D eigenvalue weighted by molar-refractivity contribution is -0.125. The minimum Gasteiger partial charge on any atom is -0.411 e. The highest BCUT2D eigenvalue weighted by atomic mass is 16.4. The fourth-order valence-electron chi connectivity index (χ4n) is 0.868. The normalized spacial score (nSPS) is 14.3. The molecule has 0 aliphatic rings. The minimum atomic E-state index is -0.374. The summed E-state index contributed by atoms with van der Waals surface area (Å²) < 4.78 is 0. The Balaban J connectivity index is 4.61. The van der Waals surface area contributed by atoms with Gasteiger partial charge in [0.1, 0.15) is 5.78 Å². The quantitative estimate of drug-likeness (QED) is 0.422. The molecule has 0 aliphatic carbocycles. The first-order chi connectivity index (χ1) is 6.09. The van der Waals surface area contributed by atoms with E-state index in [4.69, 9.17) is 5.21 Å². The van der Waals surface area contributed by atoms with Crippen LogP contribution >= 0.6 is 0 Å². The van der Waals surface area contributed by atoms with E-state index in [9.17, 15) is 4.79 Å². The summed E-state index contributed by atoms with van der Waals surface area (Å²) in [4.78, 5) is 11.7. The van der Waals surface area contributed by atoms with Crippen molar-refractivity contribution in [3.63, 3.8) is 0 Å². The molecule has 14 heavy (non-hydrogen) atoms. The third kappa shape index (κ3) is 3.90. The van der Waals surface area contributed by atoms with Crippen molar-refractivity contribution in [2.75, 3.05) is 0 Å². The zero-order valence-corrected chi connectivity index (χ0v) is 10.0.